The first-order valence-electron chi connectivity index (χ1n) is 9.38. The molecule has 0 atom stereocenters. The van der Waals surface area contributed by atoms with Crippen LogP contribution in [0, 0.1) is 0 Å². The maximum absolute atomic E-state index is 5.43. The molecule has 1 aromatic carbocycles. The third kappa shape index (κ3) is 3.41. The summed E-state index contributed by atoms with van der Waals surface area (Å²) < 4.78 is 12.7. The van der Waals surface area contributed by atoms with E-state index in [4.69, 9.17) is 14.6 Å². The molecule has 1 fully saturated rings. The molecule has 7 heteroatoms. The Kier molecular flexibility index (Phi) is 5.16. The molecular formula is C21H25N5O2. The van der Waals surface area contributed by atoms with E-state index in [2.05, 4.69) is 27.4 Å². The van der Waals surface area contributed by atoms with E-state index in [0.717, 1.165) is 55.3 Å². The Hall–Kier alpha value is -3.06. The zero-order chi connectivity index (χ0) is 19.5. The minimum absolute atomic E-state index is 0.689. The number of fused-ring (bicyclic) bond motifs is 1. The number of aromatic nitrogens is 3. The van der Waals surface area contributed by atoms with Crippen molar-refractivity contribution in [2.24, 2.45) is 0 Å². The molecule has 28 heavy (non-hydrogen) atoms. The van der Waals surface area contributed by atoms with Crippen LogP contribution in [0.5, 0.6) is 11.5 Å². The van der Waals surface area contributed by atoms with Gasteiger partial charge in [-0.05, 0) is 24.3 Å². The van der Waals surface area contributed by atoms with E-state index in [1.165, 1.54) is 0 Å². The van der Waals surface area contributed by atoms with Gasteiger partial charge in [-0.2, -0.15) is 5.10 Å². The summed E-state index contributed by atoms with van der Waals surface area (Å²) in [6.45, 7) is 8.66. The van der Waals surface area contributed by atoms with Gasteiger partial charge in [-0.15, -0.1) is 6.58 Å². The zero-order valence-electron chi connectivity index (χ0n) is 16.3. The fourth-order valence-electron chi connectivity index (χ4n) is 3.61. The van der Waals surface area contributed by atoms with Gasteiger partial charge in [0.05, 0.1) is 19.9 Å². The van der Waals surface area contributed by atoms with Crippen LogP contribution in [0.15, 0.2) is 49.3 Å². The number of nitrogens with zero attached hydrogens (tertiary/aromatic N) is 5. The lowest BCUT2D eigenvalue weighted by Crippen LogP contribution is -2.46. The minimum Gasteiger partial charge on any atom is -0.493 e. The van der Waals surface area contributed by atoms with Crippen LogP contribution in [0.3, 0.4) is 0 Å². The monoisotopic (exact) mass is 379 g/mol. The number of ether oxygens (including phenoxy) is 2. The molecule has 1 aliphatic rings. The van der Waals surface area contributed by atoms with Crippen LogP contribution in [0.4, 0.5) is 5.82 Å². The van der Waals surface area contributed by atoms with Gasteiger partial charge < -0.3 is 14.4 Å². The first-order valence-corrected chi connectivity index (χ1v) is 9.38. The minimum atomic E-state index is 0.689. The van der Waals surface area contributed by atoms with E-state index in [1.807, 2.05) is 41.2 Å². The number of hydrogen-bond donors (Lipinski definition) is 0. The first kappa shape index (κ1) is 18.3. The molecule has 0 amide bonds. The van der Waals surface area contributed by atoms with Gasteiger partial charge in [-0.3, -0.25) is 4.90 Å². The van der Waals surface area contributed by atoms with E-state index in [1.54, 1.807) is 14.2 Å². The number of benzene rings is 1. The summed E-state index contributed by atoms with van der Waals surface area (Å²) in [5.41, 5.74) is 2.85. The lowest BCUT2D eigenvalue weighted by molar-refractivity contribution is 0.283. The average Bonchev–Trinajstić information content (AvgIpc) is 3.18. The molecular weight excluding hydrogens is 354 g/mol. The van der Waals surface area contributed by atoms with Crippen LogP contribution in [0.25, 0.3) is 16.8 Å². The Morgan fingerprint density at radius 2 is 1.86 bits per heavy atom. The molecule has 3 heterocycles. The zero-order valence-corrected chi connectivity index (χ0v) is 16.3. The van der Waals surface area contributed by atoms with Gasteiger partial charge in [-0.25, -0.2) is 9.50 Å². The van der Waals surface area contributed by atoms with E-state index in [9.17, 15) is 0 Å². The fraction of sp³-hybridized carbons (Fsp3) is 0.333. The predicted molar refractivity (Wildman–Crippen MR) is 110 cm³/mol. The number of rotatable bonds is 6. The molecule has 2 aromatic heterocycles. The topological polar surface area (TPSA) is 55.1 Å². The SMILES string of the molecule is C=CCN1CCN(c2nccn3nc(-c4ccc(OC)c(OC)c4)cc23)CC1. The summed E-state index contributed by atoms with van der Waals surface area (Å²) in [5, 5.41) is 4.74. The molecule has 0 spiro atoms. The van der Waals surface area contributed by atoms with E-state index in [-0.39, 0.29) is 0 Å². The van der Waals surface area contributed by atoms with Gasteiger partial charge in [0.15, 0.2) is 17.3 Å². The van der Waals surface area contributed by atoms with Crippen LogP contribution < -0.4 is 14.4 Å². The highest BCUT2D eigenvalue weighted by atomic mass is 16.5. The smallest absolute Gasteiger partial charge is 0.161 e. The second kappa shape index (κ2) is 7.90. The van der Waals surface area contributed by atoms with Crippen LogP contribution >= 0.6 is 0 Å². The van der Waals surface area contributed by atoms with Gasteiger partial charge in [0.1, 0.15) is 5.52 Å². The van der Waals surface area contributed by atoms with Gasteiger partial charge in [0.25, 0.3) is 0 Å². The van der Waals surface area contributed by atoms with Gasteiger partial charge >= 0.3 is 0 Å². The maximum atomic E-state index is 5.43. The van der Waals surface area contributed by atoms with Crippen molar-refractivity contribution in [1.82, 2.24) is 19.5 Å². The number of hydrogen-bond acceptors (Lipinski definition) is 6. The average molecular weight is 379 g/mol. The van der Waals surface area contributed by atoms with Crippen molar-refractivity contribution < 1.29 is 9.47 Å². The summed E-state index contributed by atoms with van der Waals surface area (Å²) in [6.07, 6.45) is 5.65. The molecule has 0 radical (unpaired) electrons. The third-order valence-corrected chi connectivity index (χ3v) is 5.11. The molecule has 7 nitrogen and oxygen atoms in total. The molecule has 4 rings (SSSR count). The Morgan fingerprint density at radius 1 is 1.07 bits per heavy atom. The Labute approximate surface area is 164 Å². The lowest BCUT2D eigenvalue weighted by Gasteiger charge is -2.34. The Morgan fingerprint density at radius 3 is 2.57 bits per heavy atom. The van der Waals surface area contributed by atoms with E-state index < -0.39 is 0 Å². The van der Waals surface area contributed by atoms with Gasteiger partial charge in [0, 0.05) is 50.7 Å². The standard InChI is InChI=1S/C21H25N5O2/c1-4-8-24-10-12-25(13-11-24)21-18-15-17(23-26(18)9-7-22-21)16-5-6-19(27-2)20(14-16)28-3/h4-7,9,14-15H,1,8,10-13H2,2-3H3. The summed E-state index contributed by atoms with van der Waals surface area (Å²) in [5.74, 6) is 2.36. The molecule has 0 unspecified atom stereocenters. The fourth-order valence-corrected chi connectivity index (χ4v) is 3.61. The summed E-state index contributed by atoms with van der Waals surface area (Å²) >= 11 is 0. The van der Waals surface area contributed by atoms with Crippen molar-refractivity contribution >= 4 is 11.3 Å². The second-order valence-corrected chi connectivity index (χ2v) is 6.76. The van der Waals surface area contributed by atoms with Crippen LogP contribution in [0.2, 0.25) is 0 Å². The van der Waals surface area contributed by atoms with Crippen molar-refractivity contribution in [3.63, 3.8) is 0 Å². The summed E-state index contributed by atoms with van der Waals surface area (Å²) in [7, 11) is 3.27. The maximum Gasteiger partial charge on any atom is 0.161 e. The van der Waals surface area contributed by atoms with Gasteiger partial charge in [-0.1, -0.05) is 6.08 Å². The molecule has 1 saturated heterocycles. The van der Waals surface area contributed by atoms with Crippen molar-refractivity contribution in [2.45, 2.75) is 0 Å². The highest BCUT2D eigenvalue weighted by Crippen LogP contribution is 2.33. The van der Waals surface area contributed by atoms with Gasteiger partial charge in [0.2, 0.25) is 0 Å². The normalized spacial score (nSPS) is 15.0. The largest absolute Gasteiger partial charge is 0.493 e. The molecule has 0 saturated carbocycles. The molecule has 0 aliphatic carbocycles. The quantitative estimate of drug-likeness (QED) is 0.614. The van der Waals surface area contributed by atoms with Crippen molar-refractivity contribution in [1.29, 1.82) is 0 Å². The molecule has 0 bridgehead atoms. The van der Waals surface area contributed by atoms with Crippen molar-refractivity contribution in [3.05, 3.63) is 49.3 Å². The first-order chi connectivity index (χ1) is 13.7. The number of piperazine rings is 1. The molecule has 146 valence electrons. The van der Waals surface area contributed by atoms with Crippen molar-refractivity contribution in [2.75, 3.05) is 51.8 Å². The number of anilines is 1. The summed E-state index contributed by atoms with van der Waals surface area (Å²) in [4.78, 5) is 9.38. The molecule has 3 aromatic rings. The summed E-state index contributed by atoms with van der Waals surface area (Å²) in [6, 6.07) is 7.92. The molecule has 1 aliphatic heterocycles. The number of methoxy groups -OCH3 is 2. The van der Waals surface area contributed by atoms with E-state index >= 15 is 0 Å². The highest BCUT2D eigenvalue weighted by Gasteiger charge is 2.20. The Bertz CT molecular complexity index is 976. The van der Waals surface area contributed by atoms with Crippen LogP contribution in [-0.4, -0.2) is 66.4 Å². The highest BCUT2D eigenvalue weighted by molar-refractivity contribution is 5.76. The third-order valence-electron chi connectivity index (χ3n) is 5.11. The Balaban J connectivity index is 1.65. The molecule has 0 N–H and O–H groups in total. The predicted octanol–water partition coefficient (Wildman–Crippen LogP) is 2.72. The van der Waals surface area contributed by atoms with E-state index in [0.29, 0.717) is 11.5 Å². The van der Waals surface area contributed by atoms with Crippen LogP contribution in [0.1, 0.15) is 0 Å². The lowest BCUT2D eigenvalue weighted by atomic mass is 10.1. The van der Waals surface area contributed by atoms with Crippen molar-refractivity contribution in [3.8, 4) is 22.8 Å². The second-order valence-electron chi connectivity index (χ2n) is 6.76. The van der Waals surface area contributed by atoms with Crippen LogP contribution in [-0.2, 0) is 0 Å².